The highest BCUT2D eigenvalue weighted by Gasteiger charge is 2.27. The summed E-state index contributed by atoms with van der Waals surface area (Å²) in [4.78, 5) is 16.3. The molecule has 1 amide bonds. The Morgan fingerprint density at radius 1 is 1.18 bits per heavy atom. The Morgan fingerprint density at radius 3 is 2.64 bits per heavy atom. The second-order valence-electron chi connectivity index (χ2n) is 5.56. The van der Waals surface area contributed by atoms with E-state index in [1.54, 1.807) is 18.3 Å². The van der Waals surface area contributed by atoms with Gasteiger partial charge in [-0.15, -0.1) is 0 Å². The lowest BCUT2D eigenvalue weighted by atomic mass is 10.1. The second kappa shape index (κ2) is 6.58. The number of carbonyl (C=O) groups is 1. The molecule has 1 aliphatic rings. The van der Waals surface area contributed by atoms with E-state index in [0.29, 0.717) is 11.6 Å². The van der Waals surface area contributed by atoms with Crippen molar-refractivity contribution in [3.05, 3.63) is 48.7 Å². The van der Waals surface area contributed by atoms with Gasteiger partial charge in [0.1, 0.15) is 5.75 Å². The third kappa shape index (κ3) is 3.62. The zero-order valence-electron chi connectivity index (χ0n) is 12.2. The van der Waals surface area contributed by atoms with E-state index in [0.717, 1.165) is 25.0 Å². The van der Waals surface area contributed by atoms with Crippen LogP contribution in [0.25, 0.3) is 0 Å². The van der Waals surface area contributed by atoms with Gasteiger partial charge in [0.25, 0.3) is 0 Å². The monoisotopic (exact) mass is 297 g/mol. The number of rotatable bonds is 4. The van der Waals surface area contributed by atoms with Gasteiger partial charge in [0, 0.05) is 18.0 Å². The molecule has 2 unspecified atom stereocenters. The summed E-state index contributed by atoms with van der Waals surface area (Å²) in [7, 11) is 0. The van der Waals surface area contributed by atoms with E-state index >= 15 is 0 Å². The largest absolute Gasteiger partial charge is 0.439 e. The van der Waals surface area contributed by atoms with E-state index in [1.807, 2.05) is 30.3 Å². The van der Waals surface area contributed by atoms with Crippen molar-refractivity contribution >= 4 is 11.6 Å². The molecule has 0 bridgehead atoms. The fourth-order valence-corrected chi connectivity index (χ4v) is 2.62. The lowest BCUT2D eigenvalue weighted by Crippen LogP contribution is -2.23. The third-order valence-corrected chi connectivity index (χ3v) is 3.81. The minimum atomic E-state index is 0.00949. The molecule has 3 rings (SSSR count). The first-order chi connectivity index (χ1) is 10.7. The third-order valence-electron chi connectivity index (χ3n) is 3.81. The van der Waals surface area contributed by atoms with E-state index in [-0.39, 0.29) is 17.9 Å². The van der Waals surface area contributed by atoms with E-state index < -0.39 is 0 Å². The number of carbonyl (C=O) groups excluding carboxylic acids is 1. The number of para-hydroxylation sites is 1. The molecule has 5 heteroatoms. The maximum atomic E-state index is 12.1. The predicted octanol–water partition coefficient (Wildman–Crippen LogP) is 2.94. The standard InChI is InChI=1S/C17H19N3O2/c18-13-7-6-12(10-13)17(21)20-14-8-9-16(19-11-14)22-15-4-2-1-3-5-15/h1-5,8-9,11-13H,6-7,10,18H2,(H,20,21). The van der Waals surface area contributed by atoms with Crippen molar-refractivity contribution in [3.8, 4) is 11.6 Å². The Morgan fingerprint density at radius 2 is 2.00 bits per heavy atom. The van der Waals surface area contributed by atoms with Crippen molar-refractivity contribution < 1.29 is 9.53 Å². The number of aromatic nitrogens is 1. The summed E-state index contributed by atoms with van der Waals surface area (Å²) >= 11 is 0. The van der Waals surface area contributed by atoms with Gasteiger partial charge in [0.05, 0.1) is 11.9 Å². The summed E-state index contributed by atoms with van der Waals surface area (Å²) in [6, 6.07) is 13.1. The topological polar surface area (TPSA) is 77.2 Å². The van der Waals surface area contributed by atoms with Gasteiger partial charge < -0.3 is 15.8 Å². The fraction of sp³-hybridized carbons (Fsp3) is 0.294. The lowest BCUT2D eigenvalue weighted by Gasteiger charge is -2.11. The van der Waals surface area contributed by atoms with Gasteiger partial charge in [0.2, 0.25) is 11.8 Å². The van der Waals surface area contributed by atoms with Gasteiger partial charge in [0.15, 0.2) is 0 Å². The van der Waals surface area contributed by atoms with E-state index in [4.69, 9.17) is 10.5 Å². The minimum Gasteiger partial charge on any atom is -0.439 e. The minimum absolute atomic E-state index is 0.00949. The molecule has 3 N–H and O–H groups in total. The van der Waals surface area contributed by atoms with Crippen LogP contribution in [-0.2, 0) is 4.79 Å². The molecule has 1 aromatic heterocycles. The number of benzene rings is 1. The summed E-state index contributed by atoms with van der Waals surface area (Å²) in [5, 5.41) is 2.88. The average molecular weight is 297 g/mol. The van der Waals surface area contributed by atoms with Crippen LogP contribution in [0.1, 0.15) is 19.3 Å². The Bertz CT molecular complexity index is 628. The summed E-state index contributed by atoms with van der Waals surface area (Å²) in [5.41, 5.74) is 6.51. The normalized spacial score (nSPS) is 20.6. The van der Waals surface area contributed by atoms with Crippen molar-refractivity contribution in [1.29, 1.82) is 0 Å². The Kier molecular flexibility index (Phi) is 4.34. The molecule has 1 heterocycles. The number of nitrogens with zero attached hydrogens (tertiary/aromatic N) is 1. The molecule has 5 nitrogen and oxygen atoms in total. The highest BCUT2D eigenvalue weighted by molar-refractivity contribution is 5.92. The van der Waals surface area contributed by atoms with Gasteiger partial charge in [-0.3, -0.25) is 4.79 Å². The first-order valence-electron chi connectivity index (χ1n) is 7.46. The summed E-state index contributed by atoms with van der Waals surface area (Å²) < 4.78 is 5.61. The van der Waals surface area contributed by atoms with Crippen LogP contribution < -0.4 is 15.8 Å². The Balaban J connectivity index is 1.58. The molecule has 1 aromatic carbocycles. The van der Waals surface area contributed by atoms with Crippen LogP contribution in [0.3, 0.4) is 0 Å². The molecule has 114 valence electrons. The van der Waals surface area contributed by atoms with E-state index in [9.17, 15) is 4.79 Å². The van der Waals surface area contributed by atoms with Crippen LogP contribution >= 0.6 is 0 Å². The molecular formula is C17H19N3O2. The van der Waals surface area contributed by atoms with E-state index in [1.165, 1.54) is 0 Å². The quantitative estimate of drug-likeness (QED) is 0.909. The zero-order valence-corrected chi connectivity index (χ0v) is 12.2. The molecule has 2 atom stereocenters. The number of anilines is 1. The average Bonchev–Trinajstić information content (AvgIpc) is 2.97. The number of hydrogen-bond donors (Lipinski definition) is 2. The molecule has 0 radical (unpaired) electrons. The fourth-order valence-electron chi connectivity index (χ4n) is 2.62. The van der Waals surface area contributed by atoms with Gasteiger partial charge >= 0.3 is 0 Å². The summed E-state index contributed by atoms with van der Waals surface area (Å²) in [5.74, 6) is 1.25. The number of nitrogens with one attached hydrogen (secondary N) is 1. The summed E-state index contributed by atoms with van der Waals surface area (Å²) in [6.07, 6.45) is 4.13. The molecule has 0 aliphatic heterocycles. The first kappa shape index (κ1) is 14.5. The van der Waals surface area contributed by atoms with Crippen LogP contribution in [0.5, 0.6) is 11.6 Å². The van der Waals surface area contributed by atoms with Crippen LogP contribution in [0.2, 0.25) is 0 Å². The first-order valence-corrected chi connectivity index (χ1v) is 7.46. The van der Waals surface area contributed by atoms with Gasteiger partial charge in [-0.2, -0.15) is 0 Å². The SMILES string of the molecule is NC1CCC(C(=O)Nc2ccc(Oc3ccccc3)nc2)C1. The number of nitrogens with two attached hydrogens (primary N) is 1. The maximum Gasteiger partial charge on any atom is 0.227 e. The van der Waals surface area contributed by atoms with Crippen molar-refractivity contribution in [2.75, 3.05) is 5.32 Å². The smallest absolute Gasteiger partial charge is 0.227 e. The number of amides is 1. The Labute approximate surface area is 129 Å². The van der Waals surface area contributed by atoms with Gasteiger partial charge in [-0.25, -0.2) is 4.98 Å². The molecule has 0 spiro atoms. The Hall–Kier alpha value is -2.40. The number of pyridine rings is 1. The molecule has 2 aromatic rings. The second-order valence-corrected chi connectivity index (χ2v) is 5.56. The van der Waals surface area contributed by atoms with Crippen molar-refractivity contribution in [2.45, 2.75) is 25.3 Å². The molecule has 22 heavy (non-hydrogen) atoms. The maximum absolute atomic E-state index is 12.1. The van der Waals surface area contributed by atoms with Crippen LogP contribution in [0.4, 0.5) is 5.69 Å². The number of ether oxygens (including phenoxy) is 1. The highest BCUT2D eigenvalue weighted by Crippen LogP contribution is 2.26. The molecule has 0 saturated heterocycles. The molecule has 1 aliphatic carbocycles. The predicted molar refractivity (Wildman–Crippen MR) is 84.7 cm³/mol. The van der Waals surface area contributed by atoms with Crippen molar-refractivity contribution in [3.63, 3.8) is 0 Å². The summed E-state index contributed by atoms with van der Waals surface area (Å²) in [6.45, 7) is 0. The van der Waals surface area contributed by atoms with Crippen molar-refractivity contribution in [2.24, 2.45) is 11.7 Å². The number of hydrogen-bond acceptors (Lipinski definition) is 4. The van der Waals surface area contributed by atoms with Gasteiger partial charge in [-0.05, 0) is 37.5 Å². The van der Waals surface area contributed by atoms with E-state index in [2.05, 4.69) is 10.3 Å². The highest BCUT2D eigenvalue weighted by atomic mass is 16.5. The lowest BCUT2D eigenvalue weighted by molar-refractivity contribution is -0.119. The van der Waals surface area contributed by atoms with Gasteiger partial charge in [-0.1, -0.05) is 18.2 Å². The molecule has 1 saturated carbocycles. The molecular weight excluding hydrogens is 278 g/mol. The van der Waals surface area contributed by atoms with Crippen LogP contribution in [-0.4, -0.2) is 16.9 Å². The van der Waals surface area contributed by atoms with Crippen molar-refractivity contribution in [1.82, 2.24) is 4.98 Å². The molecule has 1 fully saturated rings. The van der Waals surface area contributed by atoms with Crippen LogP contribution in [0, 0.1) is 5.92 Å². The zero-order chi connectivity index (χ0) is 15.4. The van der Waals surface area contributed by atoms with Crippen LogP contribution in [0.15, 0.2) is 48.7 Å².